The molecule has 1 rings (SSSR count). The Morgan fingerprint density at radius 2 is 2.58 bits per heavy atom. The molecule has 66 valence electrons. The van der Waals surface area contributed by atoms with Gasteiger partial charge in [-0.1, -0.05) is 5.16 Å². The van der Waals surface area contributed by atoms with E-state index in [1.165, 1.54) is 0 Å². The maximum Gasteiger partial charge on any atom is 0.143 e. The van der Waals surface area contributed by atoms with Crippen LogP contribution in [0.2, 0.25) is 0 Å². The minimum absolute atomic E-state index is 0.200. The summed E-state index contributed by atoms with van der Waals surface area (Å²) in [7, 11) is 0. The van der Waals surface area contributed by atoms with Crippen molar-refractivity contribution in [3.8, 4) is 0 Å². The Bertz CT molecular complexity index is 279. The van der Waals surface area contributed by atoms with Gasteiger partial charge in [0.2, 0.25) is 0 Å². The summed E-state index contributed by atoms with van der Waals surface area (Å²) in [5.41, 5.74) is 6.27. The van der Waals surface area contributed by atoms with Crippen molar-refractivity contribution in [2.75, 3.05) is 0 Å². The lowest BCUT2D eigenvalue weighted by Gasteiger charge is -1.93. The quantitative estimate of drug-likeness (QED) is 0.293. The predicted molar refractivity (Wildman–Crippen MR) is 45.0 cm³/mol. The second-order valence-corrected chi connectivity index (χ2v) is 2.47. The summed E-state index contributed by atoms with van der Waals surface area (Å²) in [5.74, 6) is 0.200. The smallest absolute Gasteiger partial charge is 0.143 e. The first-order valence-corrected chi connectivity index (χ1v) is 3.74. The second kappa shape index (κ2) is 3.75. The second-order valence-electron chi connectivity index (χ2n) is 2.47. The SMILES string of the molecule is CCn1cc(CC(N)=NO)cn1. The van der Waals surface area contributed by atoms with Gasteiger partial charge in [0.1, 0.15) is 5.84 Å². The van der Waals surface area contributed by atoms with Crippen LogP contribution in [0.3, 0.4) is 0 Å². The Labute approximate surface area is 70.5 Å². The first-order valence-electron chi connectivity index (χ1n) is 3.74. The number of aryl methyl sites for hydroxylation is 1. The van der Waals surface area contributed by atoms with E-state index in [9.17, 15) is 0 Å². The van der Waals surface area contributed by atoms with E-state index in [2.05, 4.69) is 10.3 Å². The molecule has 12 heavy (non-hydrogen) atoms. The molecule has 1 heterocycles. The van der Waals surface area contributed by atoms with E-state index in [1.807, 2.05) is 13.1 Å². The van der Waals surface area contributed by atoms with Gasteiger partial charge in [-0.15, -0.1) is 0 Å². The van der Waals surface area contributed by atoms with Gasteiger partial charge in [0, 0.05) is 19.2 Å². The Morgan fingerprint density at radius 1 is 1.83 bits per heavy atom. The largest absolute Gasteiger partial charge is 0.409 e. The lowest BCUT2D eigenvalue weighted by atomic mass is 10.2. The lowest BCUT2D eigenvalue weighted by molar-refractivity contribution is 0.317. The van der Waals surface area contributed by atoms with Crippen molar-refractivity contribution in [3.05, 3.63) is 18.0 Å². The molecule has 5 heteroatoms. The molecule has 0 aliphatic carbocycles. The summed E-state index contributed by atoms with van der Waals surface area (Å²) < 4.78 is 1.79. The number of oxime groups is 1. The van der Waals surface area contributed by atoms with Crippen molar-refractivity contribution in [3.63, 3.8) is 0 Å². The molecule has 0 saturated carbocycles. The van der Waals surface area contributed by atoms with E-state index in [0.29, 0.717) is 6.42 Å². The molecule has 1 aromatic heterocycles. The predicted octanol–water partition coefficient (Wildman–Crippen LogP) is 0.192. The normalized spacial score (nSPS) is 11.9. The maximum absolute atomic E-state index is 8.30. The molecule has 0 aliphatic rings. The fourth-order valence-corrected chi connectivity index (χ4v) is 0.915. The Hall–Kier alpha value is -1.52. The van der Waals surface area contributed by atoms with Crippen LogP contribution in [0, 0.1) is 0 Å². The number of aromatic nitrogens is 2. The summed E-state index contributed by atoms with van der Waals surface area (Å²) >= 11 is 0. The van der Waals surface area contributed by atoms with E-state index in [1.54, 1.807) is 10.9 Å². The summed E-state index contributed by atoms with van der Waals surface area (Å²) in [6, 6.07) is 0. The first kappa shape index (κ1) is 8.58. The fourth-order valence-electron chi connectivity index (χ4n) is 0.915. The van der Waals surface area contributed by atoms with Crippen molar-refractivity contribution >= 4 is 5.84 Å². The zero-order chi connectivity index (χ0) is 8.97. The molecule has 5 nitrogen and oxygen atoms in total. The van der Waals surface area contributed by atoms with E-state index >= 15 is 0 Å². The number of nitrogens with zero attached hydrogens (tertiary/aromatic N) is 3. The van der Waals surface area contributed by atoms with Gasteiger partial charge in [0.15, 0.2) is 0 Å². The molecule has 0 fully saturated rings. The molecule has 0 atom stereocenters. The molecule has 3 N–H and O–H groups in total. The maximum atomic E-state index is 8.30. The van der Waals surface area contributed by atoms with Crippen LogP contribution >= 0.6 is 0 Å². The Morgan fingerprint density at radius 3 is 3.08 bits per heavy atom. The van der Waals surface area contributed by atoms with E-state index in [0.717, 1.165) is 12.1 Å². The van der Waals surface area contributed by atoms with Gasteiger partial charge in [-0.3, -0.25) is 4.68 Å². The number of hydrogen-bond acceptors (Lipinski definition) is 3. The summed E-state index contributed by atoms with van der Waals surface area (Å²) in [6.45, 7) is 2.83. The number of rotatable bonds is 3. The molecular formula is C7H12N4O. The molecule has 0 unspecified atom stereocenters. The standard InChI is InChI=1S/C7H12N4O/c1-2-11-5-6(4-9-11)3-7(8)10-12/h4-5,12H,2-3H2,1H3,(H2,8,10). The van der Waals surface area contributed by atoms with Crippen molar-refractivity contribution in [2.24, 2.45) is 10.9 Å². The highest BCUT2D eigenvalue weighted by Gasteiger charge is 1.99. The molecule has 0 amide bonds. The number of hydrogen-bond donors (Lipinski definition) is 2. The van der Waals surface area contributed by atoms with Crippen molar-refractivity contribution in [1.82, 2.24) is 9.78 Å². The van der Waals surface area contributed by atoms with Crippen LogP contribution in [-0.4, -0.2) is 20.8 Å². The summed E-state index contributed by atoms with van der Waals surface area (Å²) in [6.07, 6.45) is 4.02. The van der Waals surface area contributed by atoms with Crippen LogP contribution in [0.4, 0.5) is 0 Å². The van der Waals surface area contributed by atoms with E-state index < -0.39 is 0 Å². The van der Waals surface area contributed by atoms with E-state index in [-0.39, 0.29) is 5.84 Å². The van der Waals surface area contributed by atoms with E-state index in [4.69, 9.17) is 10.9 Å². The Balaban J connectivity index is 2.64. The highest BCUT2D eigenvalue weighted by molar-refractivity contribution is 5.81. The molecule has 0 aliphatic heterocycles. The van der Waals surface area contributed by atoms with Crippen molar-refractivity contribution < 1.29 is 5.21 Å². The van der Waals surface area contributed by atoms with Crippen LogP contribution in [0.5, 0.6) is 0 Å². The molecule has 0 spiro atoms. The third-order valence-corrected chi connectivity index (χ3v) is 1.52. The third-order valence-electron chi connectivity index (χ3n) is 1.52. The van der Waals surface area contributed by atoms with Gasteiger partial charge in [-0.25, -0.2) is 0 Å². The Kier molecular flexibility index (Phi) is 2.68. The van der Waals surface area contributed by atoms with Gasteiger partial charge >= 0.3 is 0 Å². The number of amidine groups is 1. The monoisotopic (exact) mass is 168 g/mol. The third kappa shape index (κ3) is 1.98. The minimum Gasteiger partial charge on any atom is -0.409 e. The molecule has 0 aromatic carbocycles. The van der Waals surface area contributed by atoms with Gasteiger partial charge in [0.25, 0.3) is 0 Å². The zero-order valence-electron chi connectivity index (χ0n) is 6.94. The molecule has 1 aromatic rings. The van der Waals surface area contributed by atoms with Crippen molar-refractivity contribution in [2.45, 2.75) is 19.9 Å². The van der Waals surface area contributed by atoms with Crippen LogP contribution in [0.15, 0.2) is 17.5 Å². The topological polar surface area (TPSA) is 76.4 Å². The number of nitrogens with two attached hydrogens (primary N) is 1. The van der Waals surface area contributed by atoms with Crippen LogP contribution < -0.4 is 5.73 Å². The average molecular weight is 168 g/mol. The summed E-state index contributed by atoms with van der Waals surface area (Å²) in [5, 5.41) is 15.2. The molecule has 0 bridgehead atoms. The highest BCUT2D eigenvalue weighted by Crippen LogP contribution is 1.98. The zero-order valence-corrected chi connectivity index (χ0v) is 6.94. The van der Waals surface area contributed by atoms with Gasteiger partial charge in [-0.2, -0.15) is 5.10 Å². The van der Waals surface area contributed by atoms with Crippen LogP contribution in [-0.2, 0) is 13.0 Å². The summed E-state index contributed by atoms with van der Waals surface area (Å²) in [4.78, 5) is 0. The average Bonchev–Trinajstić information content (AvgIpc) is 2.52. The molecular weight excluding hydrogens is 156 g/mol. The minimum atomic E-state index is 0.200. The van der Waals surface area contributed by atoms with Gasteiger partial charge in [0.05, 0.1) is 6.20 Å². The van der Waals surface area contributed by atoms with Crippen LogP contribution in [0.1, 0.15) is 12.5 Å². The van der Waals surface area contributed by atoms with Crippen LogP contribution in [0.25, 0.3) is 0 Å². The first-order chi connectivity index (χ1) is 5.76. The van der Waals surface area contributed by atoms with Gasteiger partial charge in [-0.05, 0) is 12.5 Å². The van der Waals surface area contributed by atoms with Gasteiger partial charge < -0.3 is 10.9 Å². The van der Waals surface area contributed by atoms with Crippen molar-refractivity contribution in [1.29, 1.82) is 0 Å². The lowest BCUT2D eigenvalue weighted by Crippen LogP contribution is -2.14. The molecule has 0 saturated heterocycles. The molecule has 0 radical (unpaired) electrons. The highest BCUT2D eigenvalue weighted by atomic mass is 16.4. The fraction of sp³-hybridized carbons (Fsp3) is 0.429.